The van der Waals surface area contributed by atoms with Crippen LogP contribution in [0.1, 0.15) is 10.6 Å². The first-order valence-electron chi connectivity index (χ1n) is 8.53. The number of fused-ring (bicyclic) bond motifs is 1. The minimum absolute atomic E-state index is 0.0315. The van der Waals surface area contributed by atoms with Crippen molar-refractivity contribution in [3.05, 3.63) is 35.0 Å². The molecule has 26 heavy (non-hydrogen) atoms. The van der Waals surface area contributed by atoms with E-state index < -0.39 is 0 Å². The summed E-state index contributed by atoms with van der Waals surface area (Å²) in [5.74, 6) is 0.144. The molecule has 1 aliphatic heterocycles. The van der Waals surface area contributed by atoms with Crippen LogP contribution in [0.5, 0.6) is 0 Å². The average Bonchev–Trinajstić information content (AvgIpc) is 3.05. The molecule has 1 N–H and O–H groups in total. The van der Waals surface area contributed by atoms with Gasteiger partial charge >= 0.3 is 0 Å². The van der Waals surface area contributed by atoms with Gasteiger partial charge in [-0.05, 0) is 24.3 Å². The first kappa shape index (κ1) is 18.7. The summed E-state index contributed by atoms with van der Waals surface area (Å²) in [5.41, 5.74) is 0.643. The molecule has 0 aliphatic carbocycles. The van der Waals surface area contributed by atoms with Crippen LogP contribution in [-0.4, -0.2) is 74.6 Å². The number of amides is 2. The van der Waals surface area contributed by atoms with Gasteiger partial charge < -0.3 is 19.4 Å². The summed E-state index contributed by atoms with van der Waals surface area (Å²) in [4.78, 5) is 28.3. The number of rotatable bonds is 6. The average molecular weight is 380 g/mol. The van der Waals surface area contributed by atoms with Crippen LogP contribution in [0.2, 0.25) is 5.02 Å². The highest BCUT2D eigenvalue weighted by Gasteiger charge is 2.25. The summed E-state index contributed by atoms with van der Waals surface area (Å²) in [6.45, 7) is 3.74. The second-order valence-corrected chi connectivity index (χ2v) is 6.64. The summed E-state index contributed by atoms with van der Waals surface area (Å²) in [6.07, 6.45) is 0. The molecule has 0 radical (unpaired) electrons. The Balaban J connectivity index is 1.52. The number of carbonyl (C=O) groups is 2. The number of nitrogens with one attached hydrogen (secondary N) is 1. The van der Waals surface area contributed by atoms with Crippen molar-refractivity contribution in [1.29, 1.82) is 0 Å². The zero-order valence-electron chi connectivity index (χ0n) is 14.7. The molecule has 140 valence electrons. The van der Waals surface area contributed by atoms with Gasteiger partial charge in [-0.1, -0.05) is 11.6 Å². The van der Waals surface area contributed by atoms with E-state index in [-0.39, 0.29) is 11.8 Å². The van der Waals surface area contributed by atoms with Crippen LogP contribution in [0, 0.1) is 0 Å². The smallest absolute Gasteiger partial charge is 0.289 e. The summed E-state index contributed by atoms with van der Waals surface area (Å²) in [5, 5.41) is 4.22. The van der Waals surface area contributed by atoms with Crippen molar-refractivity contribution >= 4 is 34.4 Å². The molecule has 0 saturated carbocycles. The predicted octanol–water partition coefficient (Wildman–Crippen LogP) is 1.61. The van der Waals surface area contributed by atoms with E-state index in [1.807, 2.05) is 4.90 Å². The summed E-state index contributed by atoms with van der Waals surface area (Å²) in [7, 11) is 1.60. The Bertz CT molecular complexity index is 784. The maximum atomic E-state index is 12.6. The Labute approximate surface area is 156 Å². The number of hydrogen-bond acceptors (Lipinski definition) is 5. The van der Waals surface area contributed by atoms with E-state index in [1.54, 1.807) is 36.3 Å². The van der Waals surface area contributed by atoms with Gasteiger partial charge in [-0.3, -0.25) is 14.5 Å². The Kier molecular flexibility index (Phi) is 6.13. The summed E-state index contributed by atoms with van der Waals surface area (Å²) in [6, 6.07) is 6.99. The lowest BCUT2D eigenvalue weighted by Gasteiger charge is -2.33. The lowest BCUT2D eigenvalue weighted by molar-refractivity contribution is -0.122. The first-order valence-corrected chi connectivity index (χ1v) is 8.91. The first-order chi connectivity index (χ1) is 12.6. The van der Waals surface area contributed by atoms with E-state index in [2.05, 4.69) is 5.32 Å². The lowest BCUT2D eigenvalue weighted by Crippen LogP contribution is -2.51. The van der Waals surface area contributed by atoms with Gasteiger partial charge in [0.25, 0.3) is 5.91 Å². The van der Waals surface area contributed by atoms with Gasteiger partial charge in [0.15, 0.2) is 5.76 Å². The van der Waals surface area contributed by atoms with E-state index in [0.717, 1.165) is 5.39 Å². The third-order valence-electron chi connectivity index (χ3n) is 4.34. The predicted molar refractivity (Wildman–Crippen MR) is 98.5 cm³/mol. The van der Waals surface area contributed by atoms with Gasteiger partial charge in [-0.2, -0.15) is 0 Å². The molecule has 1 saturated heterocycles. The number of carbonyl (C=O) groups excluding carboxylic acids is 2. The molecule has 0 spiro atoms. The highest BCUT2D eigenvalue weighted by atomic mass is 35.5. The van der Waals surface area contributed by atoms with Crippen LogP contribution < -0.4 is 5.32 Å². The third-order valence-corrected chi connectivity index (χ3v) is 4.58. The van der Waals surface area contributed by atoms with Crippen molar-refractivity contribution < 1.29 is 18.7 Å². The maximum Gasteiger partial charge on any atom is 0.289 e. The fourth-order valence-corrected chi connectivity index (χ4v) is 3.12. The topological polar surface area (TPSA) is 75.0 Å². The van der Waals surface area contributed by atoms with E-state index in [4.69, 9.17) is 20.8 Å². The Hall–Kier alpha value is -2.09. The second kappa shape index (κ2) is 8.53. The Morgan fingerprint density at radius 2 is 2.00 bits per heavy atom. The van der Waals surface area contributed by atoms with Gasteiger partial charge in [0.1, 0.15) is 5.58 Å². The summed E-state index contributed by atoms with van der Waals surface area (Å²) >= 11 is 5.97. The fraction of sp³-hybridized carbons (Fsp3) is 0.444. The fourth-order valence-electron chi connectivity index (χ4n) is 2.94. The standard InChI is InChI=1S/C18H22ClN3O4/c1-25-9-4-20-17(23)12-21-5-7-22(8-6-21)18(24)16-11-13-10-14(19)2-3-15(13)26-16/h2-3,10-11H,4-9,12H2,1H3,(H,20,23). The summed E-state index contributed by atoms with van der Waals surface area (Å²) < 4.78 is 10.5. The number of hydrogen-bond donors (Lipinski definition) is 1. The number of benzene rings is 1. The third kappa shape index (κ3) is 4.55. The van der Waals surface area contributed by atoms with Gasteiger partial charge in [0, 0.05) is 50.2 Å². The van der Waals surface area contributed by atoms with E-state index in [0.29, 0.717) is 62.2 Å². The number of furan rings is 1. The molecule has 2 heterocycles. The normalized spacial score (nSPS) is 15.4. The zero-order valence-corrected chi connectivity index (χ0v) is 15.4. The van der Waals surface area contributed by atoms with Crippen molar-refractivity contribution in [3.63, 3.8) is 0 Å². The molecular formula is C18H22ClN3O4. The second-order valence-electron chi connectivity index (χ2n) is 6.20. The van der Waals surface area contributed by atoms with Crippen molar-refractivity contribution in [3.8, 4) is 0 Å². The molecule has 2 aromatic rings. The van der Waals surface area contributed by atoms with E-state index in [1.165, 1.54) is 0 Å². The molecule has 1 aromatic carbocycles. The number of nitrogens with zero attached hydrogens (tertiary/aromatic N) is 2. The molecular weight excluding hydrogens is 358 g/mol. The minimum Gasteiger partial charge on any atom is -0.451 e. The van der Waals surface area contributed by atoms with Crippen molar-refractivity contribution in [2.24, 2.45) is 0 Å². The molecule has 0 atom stereocenters. The van der Waals surface area contributed by atoms with Crippen LogP contribution in [0.25, 0.3) is 11.0 Å². The molecule has 8 heteroatoms. The van der Waals surface area contributed by atoms with Crippen LogP contribution in [0.3, 0.4) is 0 Å². The van der Waals surface area contributed by atoms with Gasteiger partial charge in [-0.15, -0.1) is 0 Å². The van der Waals surface area contributed by atoms with Crippen molar-refractivity contribution in [2.75, 3.05) is 53.0 Å². The van der Waals surface area contributed by atoms with Crippen LogP contribution in [0.15, 0.2) is 28.7 Å². The highest BCUT2D eigenvalue weighted by molar-refractivity contribution is 6.31. The largest absolute Gasteiger partial charge is 0.451 e. The van der Waals surface area contributed by atoms with Gasteiger partial charge in [0.05, 0.1) is 13.2 Å². The van der Waals surface area contributed by atoms with E-state index >= 15 is 0 Å². The molecule has 2 amide bonds. The van der Waals surface area contributed by atoms with Crippen molar-refractivity contribution in [1.82, 2.24) is 15.1 Å². The number of methoxy groups -OCH3 is 1. The molecule has 0 unspecified atom stereocenters. The molecule has 1 fully saturated rings. The molecule has 7 nitrogen and oxygen atoms in total. The SMILES string of the molecule is COCCNC(=O)CN1CCN(C(=O)c2cc3cc(Cl)ccc3o2)CC1. The quantitative estimate of drug-likeness (QED) is 0.772. The molecule has 1 aromatic heterocycles. The molecule has 1 aliphatic rings. The minimum atomic E-state index is -0.137. The lowest BCUT2D eigenvalue weighted by atomic mass is 10.2. The monoisotopic (exact) mass is 379 g/mol. The number of ether oxygens (including phenoxy) is 1. The maximum absolute atomic E-state index is 12.6. The van der Waals surface area contributed by atoms with E-state index in [9.17, 15) is 9.59 Å². The molecule has 3 rings (SSSR count). The number of halogens is 1. The zero-order chi connectivity index (χ0) is 18.5. The van der Waals surface area contributed by atoms with Gasteiger partial charge in [0.2, 0.25) is 5.91 Å². The van der Waals surface area contributed by atoms with Crippen molar-refractivity contribution in [2.45, 2.75) is 0 Å². The van der Waals surface area contributed by atoms with Crippen LogP contribution >= 0.6 is 11.6 Å². The molecule has 0 bridgehead atoms. The highest BCUT2D eigenvalue weighted by Crippen LogP contribution is 2.24. The van der Waals surface area contributed by atoms with Gasteiger partial charge in [-0.25, -0.2) is 0 Å². The van der Waals surface area contributed by atoms with Crippen LogP contribution in [-0.2, 0) is 9.53 Å². The van der Waals surface area contributed by atoms with Crippen LogP contribution in [0.4, 0.5) is 0 Å². The number of piperazine rings is 1. The Morgan fingerprint density at radius 1 is 1.23 bits per heavy atom. The Morgan fingerprint density at radius 3 is 2.73 bits per heavy atom.